The van der Waals surface area contributed by atoms with Gasteiger partial charge >= 0.3 is 6.18 Å². The summed E-state index contributed by atoms with van der Waals surface area (Å²) in [6, 6.07) is 0.118. The highest BCUT2D eigenvalue weighted by atomic mass is 19.4. The summed E-state index contributed by atoms with van der Waals surface area (Å²) in [7, 11) is 0. The quantitative estimate of drug-likeness (QED) is 0.830. The number of halogens is 3. The number of rotatable bonds is 5. The molecule has 7 nitrogen and oxygen atoms in total. The average Bonchev–Trinajstić information content (AvgIpc) is 3.00. The smallest absolute Gasteiger partial charge is 0.367 e. The molecule has 0 bridgehead atoms. The molecule has 3 rings (SSSR count). The molecule has 1 aromatic heterocycles. The molecule has 1 amide bonds. The maximum Gasteiger partial charge on any atom is 0.434 e. The molecule has 3 heterocycles. The first-order valence-corrected chi connectivity index (χ1v) is 8.66. The lowest BCUT2D eigenvalue weighted by molar-refractivity contribution is -0.141. The monoisotopic (exact) mass is 373 g/mol. The Morgan fingerprint density at radius 2 is 1.88 bits per heavy atom. The molecule has 1 aromatic rings. The van der Waals surface area contributed by atoms with E-state index in [0.29, 0.717) is 45.0 Å². The van der Waals surface area contributed by atoms with Gasteiger partial charge < -0.3 is 20.3 Å². The van der Waals surface area contributed by atoms with Crippen LogP contribution in [0.2, 0.25) is 0 Å². The maximum atomic E-state index is 12.6. The Bertz CT molecular complexity index is 617. The van der Waals surface area contributed by atoms with Crippen LogP contribution >= 0.6 is 0 Å². The number of alkyl halides is 3. The molecule has 2 N–H and O–H groups in total. The SMILES string of the molecule is NCCOC1CCN(C2CCN(c3cnc(C(F)(F)F)cn3)CC2)C1=O. The van der Waals surface area contributed by atoms with Crippen molar-refractivity contribution < 1.29 is 22.7 Å². The minimum Gasteiger partial charge on any atom is -0.367 e. The van der Waals surface area contributed by atoms with Crippen molar-refractivity contribution in [1.82, 2.24) is 14.9 Å². The lowest BCUT2D eigenvalue weighted by Crippen LogP contribution is -2.47. The normalized spacial score (nSPS) is 22.3. The number of aromatic nitrogens is 2. The number of carbonyl (C=O) groups excluding carboxylic acids is 1. The van der Waals surface area contributed by atoms with Gasteiger partial charge in [0.1, 0.15) is 11.9 Å². The Morgan fingerprint density at radius 3 is 2.46 bits per heavy atom. The molecule has 2 aliphatic heterocycles. The van der Waals surface area contributed by atoms with E-state index < -0.39 is 18.0 Å². The van der Waals surface area contributed by atoms with Crippen LogP contribution in [0.4, 0.5) is 19.0 Å². The number of hydrogen-bond acceptors (Lipinski definition) is 6. The molecule has 10 heteroatoms. The van der Waals surface area contributed by atoms with Gasteiger partial charge in [0.15, 0.2) is 5.69 Å². The van der Waals surface area contributed by atoms with E-state index in [2.05, 4.69) is 9.97 Å². The van der Waals surface area contributed by atoms with Crippen LogP contribution in [-0.4, -0.2) is 65.7 Å². The lowest BCUT2D eigenvalue weighted by atomic mass is 10.0. The van der Waals surface area contributed by atoms with Gasteiger partial charge in [-0.2, -0.15) is 13.2 Å². The molecule has 0 aromatic carbocycles. The van der Waals surface area contributed by atoms with Crippen LogP contribution in [0.25, 0.3) is 0 Å². The first-order chi connectivity index (χ1) is 12.4. The highest BCUT2D eigenvalue weighted by Gasteiger charge is 2.38. The number of nitrogens with zero attached hydrogens (tertiary/aromatic N) is 4. The van der Waals surface area contributed by atoms with Gasteiger partial charge in [0, 0.05) is 38.6 Å². The van der Waals surface area contributed by atoms with Crippen LogP contribution < -0.4 is 10.6 Å². The number of carbonyl (C=O) groups is 1. The first kappa shape index (κ1) is 18.8. The van der Waals surface area contributed by atoms with E-state index in [9.17, 15) is 18.0 Å². The fraction of sp³-hybridized carbons (Fsp3) is 0.688. The highest BCUT2D eigenvalue weighted by molar-refractivity contribution is 5.83. The third-order valence-electron chi connectivity index (χ3n) is 4.79. The number of hydrogen-bond donors (Lipinski definition) is 1. The van der Waals surface area contributed by atoms with Crippen LogP contribution in [0, 0.1) is 0 Å². The van der Waals surface area contributed by atoms with Gasteiger partial charge in [0.05, 0.1) is 19.0 Å². The molecule has 0 spiro atoms. The molecule has 1 unspecified atom stereocenters. The maximum absolute atomic E-state index is 12.6. The molecule has 0 aliphatic carbocycles. The van der Waals surface area contributed by atoms with Crippen molar-refractivity contribution in [3.63, 3.8) is 0 Å². The number of ether oxygens (including phenoxy) is 1. The topological polar surface area (TPSA) is 84.6 Å². The summed E-state index contributed by atoms with van der Waals surface area (Å²) >= 11 is 0. The molecular weight excluding hydrogens is 351 g/mol. The molecule has 0 saturated carbocycles. The summed E-state index contributed by atoms with van der Waals surface area (Å²) in [5, 5.41) is 0. The number of likely N-dealkylation sites (tertiary alicyclic amines) is 1. The zero-order chi connectivity index (χ0) is 18.7. The van der Waals surface area contributed by atoms with Crippen LogP contribution in [0.1, 0.15) is 25.0 Å². The molecular formula is C16H22F3N5O2. The zero-order valence-electron chi connectivity index (χ0n) is 14.3. The predicted molar refractivity (Wildman–Crippen MR) is 87.4 cm³/mol. The molecule has 144 valence electrons. The Balaban J connectivity index is 1.54. The summed E-state index contributed by atoms with van der Waals surface area (Å²) in [6.45, 7) is 2.65. The fourth-order valence-corrected chi connectivity index (χ4v) is 3.44. The molecule has 2 aliphatic rings. The van der Waals surface area contributed by atoms with E-state index in [-0.39, 0.29) is 11.9 Å². The van der Waals surface area contributed by atoms with E-state index in [1.54, 1.807) is 0 Å². The Hall–Kier alpha value is -1.94. The summed E-state index contributed by atoms with van der Waals surface area (Å²) in [5.41, 5.74) is 4.41. The predicted octanol–water partition coefficient (Wildman–Crippen LogP) is 1.04. The second-order valence-electron chi connectivity index (χ2n) is 6.44. The number of anilines is 1. The van der Waals surface area contributed by atoms with Crippen LogP contribution in [0.3, 0.4) is 0 Å². The van der Waals surface area contributed by atoms with Gasteiger partial charge in [0.25, 0.3) is 5.91 Å². The average molecular weight is 373 g/mol. The number of piperidine rings is 1. The van der Waals surface area contributed by atoms with Gasteiger partial charge in [-0.05, 0) is 12.8 Å². The highest BCUT2D eigenvalue weighted by Crippen LogP contribution is 2.29. The summed E-state index contributed by atoms with van der Waals surface area (Å²) < 4.78 is 43.2. The van der Waals surface area contributed by atoms with Crippen LogP contribution in [0.5, 0.6) is 0 Å². The standard InChI is InChI=1S/C16H22F3N5O2/c17-16(18,19)13-9-22-14(10-21-13)23-5-1-11(2-6-23)24-7-3-12(15(24)25)26-8-4-20/h9-12H,1-8,20H2. The fourth-order valence-electron chi connectivity index (χ4n) is 3.44. The van der Waals surface area contributed by atoms with Crippen molar-refractivity contribution in [2.24, 2.45) is 5.73 Å². The van der Waals surface area contributed by atoms with E-state index in [0.717, 1.165) is 25.2 Å². The largest absolute Gasteiger partial charge is 0.434 e. The minimum absolute atomic E-state index is 0.00576. The third-order valence-corrected chi connectivity index (χ3v) is 4.79. The molecule has 2 fully saturated rings. The van der Waals surface area contributed by atoms with Crippen molar-refractivity contribution in [1.29, 1.82) is 0 Å². The summed E-state index contributed by atoms with van der Waals surface area (Å²) in [5.74, 6) is 0.430. The first-order valence-electron chi connectivity index (χ1n) is 8.66. The number of nitrogens with two attached hydrogens (primary N) is 1. The molecule has 0 radical (unpaired) electrons. The molecule has 26 heavy (non-hydrogen) atoms. The molecule has 1 atom stereocenters. The lowest BCUT2D eigenvalue weighted by Gasteiger charge is -2.37. The van der Waals surface area contributed by atoms with Crippen molar-refractivity contribution in [3.8, 4) is 0 Å². The van der Waals surface area contributed by atoms with E-state index in [1.165, 1.54) is 0 Å². The van der Waals surface area contributed by atoms with Crippen LogP contribution in [-0.2, 0) is 15.7 Å². The second kappa shape index (κ2) is 7.75. The minimum atomic E-state index is -4.49. The van der Waals surface area contributed by atoms with Crippen molar-refractivity contribution in [2.45, 2.75) is 37.6 Å². The van der Waals surface area contributed by atoms with Crippen molar-refractivity contribution in [2.75, 3.05) is 37.7 Å². The van der Waals surface area contributed by atoms with Crippen molar-refractivity contribution >= 4 is 11.7 Å². The van der Waals surface area contributed by atoms with Gasteiger partial charge in [-0.15, -0.1) is 0 Å². The Labute approximate surface area is 149 Å². The second-order valence-corrected chi connectivity index (χ2v) is 6.44. The summed E-state index contributed by atoms with van der Waals surface area (Å²) in [4.78, 5) is 23.5. The molecule has 2 saturated heterocycles. The van der Waals surface area contributed by atoms with E-state index in [4.69, 9.17) is 10.5 Å². The van der Waals surface area contributed by atoms with E-state index in [1.807, 2.05) is 9.80 Å². The van der Waals surface area contributed by atoms with Crippen molar-refractivity contribution in [3.05, 3.63) is 18.1 Å². The number of amides is 1. The zero-order valence-corrected chi connectivity index (χ0v) is 14.3. The Kier molecular flexibility index (Phi) is 5.61. The Morgan fingerprint density at radius 1 is 1.15 bits per heavy atom. The van der Waals surface area contributed by atoms with Gasteiger partial charge in [-0.1, -0.05) is 0 Å². The van der Waals surface area contributed by atoms with E-state index >= 15 is 0 Å². The third kappa shape index (κ3) is 4.07. The van der Waals surface area contributed by atoms with Crippen LogP contribution in [0.15, 0.2) is 12.4 Å². The van der Waals surface area contributed by atoms with Gasteiger partial charge in [-0.3, -0.25) is 4.79 Å². The summed E-state index contributed by atoms with van der Waals surface area (Å²) in [6.07, 6.45) is -0.847. The van der Waals surface area contributed by atoms with Gasteiger partial charge in [0.2, 0.25) is 0 Å². The van der Waals surface area contributed by atoms with Gasteiger partial charge in [-0.25, -0.2) is 9.97 Å².